The maximum atomic E-state index is 12.4. The number of thioether (sulfide) groups is 1. The van der Waals surface area contributed by atoms with Gasteiger partial charge in [0, 0.05) is 25.7 Å². The summed E-state index contributed by atoms with van der Waals surface area (Å²) in [6.07, 6.45) is 4.11. The van der Waals surface area contributed by atoms with Gasteiger partial charge in [-0.3, -0.25) is 9.59 Å². The molecule has 0 bridgehead atoms. The van der Waals surface area contributed by atoms with Crippen LogP contribution in [0.3, 0.4) is 0 Å². The number of hydrogen-bond acceptors (Lipinski definition) is 6. The number of nitrogens with one attached hydrogen (secondary N) is 2. The van der Waals surface area contributed by atoms with E-state index >= 15 is 0 Å². The van der Waals surface area contributed by atoms with Crippen molar-refractivity contribution in [2.45, 2.75) is 57.1 Å². The minimum absolute atomic E-state index is 0.0150. The molecule has 8 heteroatoms. The van der Waals surface area contributed by atoms with Crippen LogP contribution >= 0.6 is 11.8 Å². The zero-order chi connectivity index (χ0) is 22.5. The maximum Gasteiger partial charge on any atom is 0.230 e. The maximum absolute atomic E-state index is 12.4. The molecule has 2 heterocycles. The van der Waals surface area contributed by atoms with E-state index < -0.39 is 0 Å². The zero-order valence-electron chi connectivity index (χ0n) is 18.8. The Morgan fingerprint density at radius 2 is 1.94 bits per heavy atom. The van der Waals surface area contributed by atoms with Gasteiger partial charge in [0.05, 0.1) is 11.7 Å². The summed E-state index contributed by atoms with van der Waals surface area (Å²) in [5.74, 6) is 1.24. The number of piperidine rings is 1. The molecule has 2 fully saturated rings. The molecule has 2 aliphatic rings. The summed E-state index contributed by atoms with van der Waals surface area (Å²) < 4.78 is 0. The molecule has 4 rings (SSSR count). The molecule has 1 aliphatic carbocycles. The largest absolute Gasteiger partial charge is 0.354 e. The molecule has 1 saturated heterocycles. The number of rotatable bonds is 8. The summed E-state index contributed by atoms with van der Waals surface area (Å²) in [6.45, 7) is 6.24. The van der Waals surface area contributed by atoms with E-state index in [9.17, 15) is 9.59 Å². The van der Waals surface area contributed by atoms with Gasteiger partial charge in [0.2, 0.25) is 11.8 Å². The number of benzene rings is 1. The molecule has 7 nitrogen and oxygen atoms in total. The van der Waals surface area contributed by atoms with Gasteiger partial charge < -0.3 is 15.5 Å². The molecule has 1 atom stereocenters. The molecule has 170 valence electrons. The lowest BCUT2D eigenvalue weighted by Gasteiger charge is -2.32. The molecule has 1 saturated carbocycles. The lowest BCUT2D eigenvalue weighted by molar-refractivity contribution is -0.125. The second-order valence-corrected chi connectivity index (χ2v) is 9.78. The number of carbonyl (C=O) groups excluding carboxylic acids is 2. The number of anilines is 1. The van der Waals surface area contributed by atoms with Crippen LogP contribution in [0.1, 0.15) is 42.4 Å². The van der Waals surface area contributed by atoms with Crippen molar-refractivity contribution in [3.63, 3.8) is 0 Å². The van der Waals surface area contributed by atoms with Crippen LogP contribution in [0.4, 0.5) is 5.82 Å². The molecule has 0 spiro atoms. The SMILES string of the molecule is Cc1ccc(CNC(=O)CSc2ccc(N3CCC[C@@H](C(=O)NC4CC4)C3)nn2)cc1C. The predicted molar refractivity (Wildman–Crippen MR) is 127 cm³/mol. The molecule has 2 N–H and O–H groups in total. The molecular weight excluding hydrogens is 422 g/mol. The quantitative estimate of drug-likeness (QED) is 0.598. The molecule has 1 aliphatic heterocycles. The highest BCUT2D eigenvalue weighted by Gasteiger charge is 2.30. The van der Waals surface area contributed by atoms with E-state index in [1.807, 2.05) is 18.2 Å². The normalized spacial score (nSPS) is 18.3. The van der Waals surface area contributed by atoms with Gasteiger partial charge in [0.25, 0.3) is 0 Å². The highest BCUT2D eigenvalue weighted by atomic mass is 32.2. The van der Waals surface area contributed by atoms with Crippen LogP contribution in [0.15, 0.2) is 35.4 Å². The average molecular weight is 454 g/mol. The van der Waals surface area contributed by atoms with Gasteiger partial charge in [-0.25, -0.2) is 0 Å². The first-order valence-electron chi connectivity index (χ1n) is 11.3. The number of aromatic nitrogens is 2. The topological polar surface area (TPSA) is 87.2 Å². The summed E-state index contributed by atoms with van der Waals surface area (Å²) in [6, 6.07) is 10.5. The molecule has 0 unspecified atom stereocenters. The van der Waals surface area contributed by atoms with Crippen molar-refractivity contribution < 1.29 is 9.59 Å². The summed E-state index contributed by atoms with van der Waals surface area (Å²) in [7, 11) is 0. The lowest BCUT2D eigenvalue weighted by Crippen LogP contribution is -2.44. The molecule has 1 aromatic carbocycles. The van der Waals surface area contributed by atoms with Crippen LogP contribution in [-0.4, -0.2) is 46.9 Å². The standard InChI is InChI=1S/C24H31N5O2S/c1-16-5-6-18(12-17(16)2)13-25-22(30)15-32-23-10-9-21(27-28-23)29-11-3-4-19(14-29)24(31)26-20-7-8-20/h5-6,9-10,12,19-20H,3-4,7-8,11,13-15H2,1-2H3,(H,25,30)(H,26,31)/t19-/m1/s1. The van der Waals surface area contributed by atoms with Gasteiger partial charge >= 0.3 is 0 Å². The second kappa shape index (κ2) is 10.3. The Labute approximate surface area is 193 Å². The van der Waals surface area contributed by atoms with Crippen molar-refractivity contribution in [3.8, 4) is 0 Å². The van der Waals surface area contributed by atoms with Crippen LogP contribution in [0, 0.1) is 19.8 Å². The van der Waals surface area contributed by atoms with Crippen molar-refractivity contribution in [1.29, 1.82) is 0 Å². The van der Waals surface area contributed by atoms with Crippen LogP contribution in [-0.2, 0) is 16.1 Å². The van der Waals surface area contributed by atoms with Crippen molar-refractivity contribution in [2.24, 2.45) is 5.92 Å². The van der Waals surface area contributed by atoms with Crippen LogP contribution in [0.25, 0.3) is 0 Å². The van der Waals surface area contributed by atoms with E-state index in [1.165, 1.54) is 22.9 Å². The number of amides is 2. The highest BCUT2D eigenvalue weighted by Crippen LogP contribution is 2.25. The minimum Gasteiger partial charge on any atom is -0.354 e. The predicted octanol–water partition coefficient (Wildman–Crippen LogP) is 3.00. The van der Waals surface area contributed by atoms with Crippen molar-refractivity contribution in [1.82, 2.24) is 20.8 Å². The molecule has 2 amide bonds. The van der Waals surface area contributed by atoms with Crippen molar-refractivity contribution in [3.05, 3.63) is 47.0 Å². The number of nitrogens with zero attached hydrogens (tertiary/aromatic N) is 3. The molecule has 0 radical (unpaired) electrons. The summed E-state index contributed by atoms with van der Waals surface area (Å²) in [5.41, 5.74) is 3.57. The Bertz CT molecular complexity index is 961. The van der Waals surface area contributed by atoms with Crippen molar-refractivity contribution >= 4 is 29.4 Å². The second-order valence-electron chi connectivity index (χ2n) is 8.78. The third kappa shape index (κ3) is 6.22. The van der Waals surface area contributed by atoms with E-state index in [0.29, 0.717) is 24.9 Å². The van der Waals surface area contributed by atoms with Gasteiger partial charge in [-0.15, -0.1) is 10.2 Å². The number of carbonyl (C=O) groups is 2. The number of hydrogen-bond donors (Lipinski definition) is 2. The van der Waals surface area contributed by atoms with Gasteiger partial charge in [-0.2, -0.15) is 0 Å². The Balaban J connectivity index is 1.23. The third-order valence-corrected chi connectivity index (χ3v) is 7.00. The minimum atomic E-state index is -0.0281. The Kier molecular flexibility index (Phi) is 7.29. The smallest absolute Gasteiger partial charge is 0.230 e. The number of aryl methyl sites for hydroxylation is 2. The van der Waals surface area contributed by atoms with Crippen LogP contribution < -0.4 is 15.5 Å². The molecule has 1 aromatic heterocycles. The van der Waals surface area contributed by atoms with Crippen LogP contribution in [0.2, 0.25) is 0 Å². The first kappa shape index (κ1) is 22.6. The fourth-order valence-corrected chi connectivity index (χ4v) is 4.45. The van der Waals surface area contributed by atoms with Gasteiger partial charge in [-0.1, -0.05) is 30.0 Å². The average Bonchev–Trinajstić information content (AvgIpc) is 3.63. The third-order valence-electron chi connectivity index (χ3n) is 6.08. The Morgan fingerprint density at radius 3 is 2.66 bits per heavy atom. The summed E-state index contributed by atoms with van der Waals surface area (Å²) >= 11 is 1.38. The summed E-state index contributed by atoms with van der Waals surface area (Å²) in [4.78, 5) is 26.7. The fraction of sp³-hybridized carbons (Fsp3) is 0.500. The highest BCUT2D eigenvalue weighted by molar-refractivity contribution is 7.99. The first-order chi connectivity index (χ1) is 15.5. The van der Waals surface area contributed by atoms with Gasteiger partial charge in [-0.05, 0) is 68.4 Å². The monoisotopic (exact) mass is 453 g/mol. The van der Waals surface area contributed by atoms with Crippen LogP contribution in [0.5, 0.6) is 0 Å². The van der Waals surface area contributed by atoms with E-state index in [4.69, 9.17) is 0 Å². The fourth-order valence-electron chi connectivity index (χ4n) is 3.81. The summed E-state index contributed by atoms with van der Waals surface area (Å²) in [5, 5.41) is 15.4. The van der Waals surface area contributed by atoms with E-state index in [1.54, 1.807) is 0 Å². The Hall–Kier alpha value is -2.61. The zero-order valence-corrected chi connectivity index (χ0v) is 19.6. The first-order valence-corrected chi connectivity index (χ1v) is 12.3. The van der Waals surface area contributed by atoms with E-state index in [2.05, 4.69) is 51.7 Å². The van der Waals surface area contributed by atoms with E-state index in [-0.39, 0.29) is 17.7 Å². The molecular formula is C24H31N5O2S. The van der Waals surface area contributed by atoms with E-state index in [0.717, 1.165) is 48.6 Å². The van der Waals surface area contributed by atoms with Crippen molar-refractivity contribution in [2.75, 3.05) is 23.7 Å². The van der Waals surface area contributed by atoms with Gasteiger partial charge in [0.15, 0.2) is 5.82 Å². The molecule has 32 heavy (non-hydrogen) atoms. The van der Waals surface area contributed by atoms with Gasteiger partial charge in [0.1, 0.15) is 5.03 Å². The Morgan fingerprint density at radius 1 is 1.09 bits per heavy atom. The molecule has 2 aromatic rings. The lowest BCUT2D eigenvalue weighted by atomic mass is 9.97.